The van der Waals surface area contributed by atoms with E-state index in [2.05, 4.69) is 27.4 Å². The predicted octanol–water partition coefficient (Wildman–Crippen LogP) is 2.50. The zero-order valence-electron chi connectivity index (χ0n) is 15.3. The van der Waals surface area contributed by atoms with Gasteiger partial charge in [-0.15, -0.1) is 0 Å². The molecule has 2 N–H and O–H groups in total. The van der Waals surface area contributed by atoms with Crippen LogP contribution in [0.5, 0.6) is 0 Å². The van der Waals surface area contributed by atoms with Gasteiger partial charge in [0.05, 0.1) is 18.2 Å². The maximum absolute atomic E-state index is 6.12. The van der Waals surface area contributed by atoms with Crippen LogP contribution in [-0.2, 0) is 18.3 Å². The fraction of sp³-hybridized carbons (Fsp3) is 0.706. The van der Waals surface area contributed by atoms with Gasteiger partial charge < -0.3 is 19.9 Å². The number of guanidine groups is 1. The van der Waals surface area contributed by atoms with Crippen LogP contribution < -0.4 is 10.6 Å². The van der Waals surface area contributed by atoms with Crippen molar-refractivity contribution in [1.82, 2.24) is 20.1 Å². The third kappa shape index (κ3) is 5.78. The van der Waals surface area contributed by atoms with Crippen molar-refractivity contribution in [3.63, 3.8) is 0 Å². The molecule has 0 spiro atoms. The van der Waals surface area contributed by atoms with Crippen LogP contribution in [0.25, 0.3) is 0 Å². The number of methoxy groups -OCH3 is 1. The number of halogens is 2. The van der Waals surface area contributed by atoms with Crippen molar-refractivity contribution in [2.45, 2.75) is 32.4 Å². The molecule has 25 heavy (non-hydrogen) atoms. The molecule has 0 aliphatic carbocycles. The highest BCUT2D eigenvalue weighted by Crippen LogP contribution is 2.25. The van der Waals surface area contributed by atoms with Crippen LogP contribution in [-0.4, -0.2) is 61.4 Å². The molecular formula is C17H29Cl2N5O. The quantitative estimate of drug-likeness (QED) is 0.529. The Morgan fingerprint density at radius 3 is 2.84 bits per heavy atom. The Hall–Kier alpha value is -0.950. The van der Waals surface area contributed by atoms with Crippen molar-refractivity contribution in [1.29, 1.82) is 0 Å². The minimum atomic E-state index is 0.524. The largest absolute Gasteiger partial charge is 0.383 e. The van der Waals surface area contributed by atoms with Gasteiger partial charge in [0.25, 0.3) is 0 Å². The monoisotopic (exact) mass is 389 g/mol. The normalized spacial score (nSPS) is 18.8. The molecule has 8 heteroatoms. The molecule has 0 bridgehead atoms. The smallest absolute Gasteiger partial charge is 0.191 e. The van der Waals surface area contributed by atoms with E-state index in [1.807, 2.05) is 17.7 Å². The number of likely N-dealkylation sites (tertiary alicyclic amines) is 1. The summed E-state index contributed by atoms with van der Waals surface area (Å²) >= 11 is 12.2. The van der Waals surface area contributed by atoms with E-state index in [9.17, 15) is 0 Å². The summed E-state index contributed by atoms with van der Waals surface area (Å²) in [5, 5.41) is 7.87. The molecule has 1 fully saturated rings. The van der Waals surface area contributed by atoms with E-state index < -0.39 is 0 Å². The van der Waals surface area contributed by atoms with Crippen LogP contribution >= 0.6 is 23.2 Å². The summed E-state index contributed by atoms with van der Waals surface area (Å²) in [4.78, 5) is 7.14. The molecule has 142 valence electrons. The lowest BCUT2D eigenvalue weighted by molar-refractivity contribution is 0.141. The molecule has 1 unspecified atom stereocenters. The molecule has 2 rings (SSSR count). The Bertz CT molecular complexity index is 576. The number of nitrogens with zero attached hydrogens (tertiary/aromatic N) is 3. The summed E-state index contributed by atoms with van der Waals surface area (Å²) in [5.41, 5.74) is 0.981. The molecule has 0 saturated carbocycles. The van der Waals surface area contributed by atoms with Crippen molar-refractivity contribution in [2.75, 3.05) is 39.9 Å². The van der Waals surface area contributed by atoms with Crippen molar-refractivity contribution >= 4 is 29.2 Å². The van der Waals surface area contributed by atoms with Gasteiger partial charge in [-0.3, -0.25) is 4.90 Å². The average molecular weight is 390 g/mol. The second kappa shape index (κ2) is 10.3. The van der Waals surface area contributed by atoms with Gasteiger partial charge in [0, 0.05) is 45.5 Å². The average Bonchev–Trinajstić information content (AvgIpc) is 3.15. The minimum Gasteiger partial charge on any atom is -0.383 e. The zero-order valence-corrected chi connectivity index (χ0v) is 16.8. The molecule has 1 aromatic rings. The van der Waals surface area contributed by atoms with Gasteiger partial charge in [0.2, 0.25) is 0 Å². The summed E-state index contributed by atoms with van der Waals surface area (Å²) in [6.45, 7) is 7.19. The van der Waals surface area contributed by atoms with Crippen LogP contribution in [0.1, 0.15) is 25.5 Å². The molecule has 2 heterocycles. The lowest BCUT2D eigenvalue weighted by Gasteiger charge is -2.25. The van der Waals surface area contributed by atoms with E-state index in [-0.39, 0.29) is 0 Å². The van der Waals surface area contributed by atoms with E-state index in [0.29, 0.717) is 22.8 Å². The zero-order chi connectivity index (χ0) is 18.2. The van der Waals surface area contributed by atoms with Crippen LogP contribution in [0.15, 0.2) is 11.1 Å². The standard InChI is InChI=1S/C17H29Cl2N5O/c1-4-20-17(22-12-14-10-15(18)16(19)23(14)2)21-11-13-6-5-7-24(13)8-9-25-3/h10,13H,4-9,11-12H2,1-3H3,(H2,20,21,22). The van der Waals surface area contributed by atoms with Crippen LogP contribution in [0.3, 0.4) is 0 Å². The molecule has 1 aliphatic heterocycles. The van der Waals surface area contributed by atoms with E-state index in [1.54, 1.807) is 7.11 Å². The molecule has 0 radical (unpaired) electrons. The third-order valence-electron chi connectivity index (χ3n) is 4.55. The maximum Gasteiger partial charge on any atom is 0.191 e. The first-order valence-corrected chi connectivity index (χ1v) is 9.57. The number of nitrogens with one attached hydrogen (secondary N) is 2. The predicted molar refractivity (Wildman–Crippen MR) is 105 cm³/mol. The van der Waals surface area contributed by atoms with E-state index in [1.165, 1.54) is 12.8 Å². The van der Waals surface area contributed by atoms with Crippen molar-refractivity contribution < 1.29 is 4.74 Å². The first-order chi connectivity index (χ1) is 12.1. The Balaban J connectivity index is 1.92. The van der Waals surface area contributed by atoms with Crippen molar-refractivity contribution in [3.8, 4) is 0 Å². The topological polar surface area (TPSA) is 53.8 Å². The van der Waals surface area contributed by atoms with Crippen molar-refractivity contribution in [2.24, 2.45) is 12.0 Å². The molecular weight excluding hydrogens is 361 g/mol. The van der Waals surface area contributed by atoms with Gasteiger partial charge in [-0.1, -0.05) is 23.2 Å². The number of hydrogen-bond acceptors (Lipinski definition) is 3. The second-order valence-corrected chi connectivity index (χ2v) is 7.00. The first-order valence-electron chi connectivity index (χ1n) is 8.81. The van der Waals surface area contributed by atoms with E-state index in [0.717, 1.165) is 44.4 Å². The summed E-state index contributed by atoms with van der Waals surface area (Å²) in [6, 6.07) is 2.39. The van der Waals surface area contributed by atoms with Gasteiger partial charge in [0.1, 0.15) is 5.15 Å². The highest BCUT2D eigenvalue weighted by atomic mass is 35.5. The Kier molecular flexibility index (Phi) is 8.36. The summed E-state index contributed by atoms with van der Waals surface area (Å²) < 4.78 is 7.07. The molecule has 1 aromatic heterocycles. The summed E-state index contributed by atoms with van der Waals surface area (Å²) in [7, 11) is 3.65. The molecule has 0 amide bonds. The molecule has 1 aliphatic rings. The fourth-order valence-corrected chi connectivity index (χ4v) is 3.50. The van der Waals surface area contributed by atoms with E-state index in [4.69, 9.17) is 27.9 Å². The maximum atomic E-state index is 6.12. The number of aliphatic imine (C=N–C) groups is 1. The van der Waals surface area contributed by atoms with E-state index >= 15 is 0 Å². The molecule has 1 saturated heterocycles. The van der Waals surface area contributed by atoms with Gasteiger partial charge in [-0.25, -0.2) is 4.99 Å². The SMILES string of the molecule is CCNC(=NCc1cc(Cl)c(Cl)n1C)NCC1CCCN1CCOC. The second-order valence-electron chi connectivity index (χ2n) is 6.23. The number of hydrogen-bond donors (Lipinski definition) is 2. The van der Waals surface area contributed by atoms with Crippen LogP contribution in [0.4, 0.5) is 0 Å². The Morgan fingerprint density at radius 2 is 2.20 bits per heavy atom. The lowest BCUT2D eigenvalue weighted by atomic mass is 10.2. The van der Waals surface area contributed by atoms with Gasteiger partial charge in [0.15, 0.2) is 5.96 Å². The number of ether oxygens (including phenoxy) is 1. The lowest BCUT2D eigenvalue weighted by Crippen LogP contribution is -2.45. The fourth-order valence-electron chi connectivity index (χ4n) is 3.09. The highest BCUT2D eigenvalue weighted by molar-refractivity contribution is 6.41. The van der Waals surface area contributed by atoms with Crippen molar-refractivity contribution in [3.05, 3.63) is 21.9 Å². The first kappa shape index (κ1) is 20.4. The third-order valence-corrected chi connectivity index (χ3v) is 5.39. The molecule has 1 atom stereocenters. The minimum absolute atomic E-state index is 0.524. The Labute approximate surface area is 160 Å². The molecule has 6 nitrogen and oxygen atoms in total. The summed E-state index contributed by atoms with van der Waals surface area (Å²) in [6.07, 6.45) is 2.45. The van der Waals surface area contributed by atoms with Crippen LogP contribution in [0, 0.1) is 0 Å². The summed E-state index contributed by atoms with van der Waals surface area (Å²) in [5.74, 6) is 0.814. The highest BCUT2D eigenvalue weighted by Gasteiger charge is 2.23. The number of rotatable bonds is 8. The Morgan fingerprint density at radius 1 is 1.40 bits per heavy atom. The van der Waals surface area contributed by atoms with Gasteiger partial charge in [-0.05, 0) is 32.4 Å². The molecule has 0 aromatic carbocycles. The number of aromatic nitrogens is 1. The van der Waals surface area contributed by atoms with Gasteiger partial charge in [-0.2, -0.15) is 0 Å². The van der Waals surface area contributed by atoms with Crippen LogP contribution in [0.2, 0.25) is 10.2 Å². The van der Waals surface area contributed by atoms with Gasteiger partial charge >= 0.3 is 0 Å².